The Kier molecular flexibility index (Phi) is 9.81. The molecule has 7 nitrogen and oxygen atoms in total. The number of aryl methyl sites for hydroxylation is 1. The molecular weight excluding hydrogens is 372 g/mol. The van der Waals surface area contributed by atoms with Crippen molar-refractivity contribution < 1.29 is 23.9 Å². The van der Waals surface area contributed by atoms with Gasteiger partial charge < -0.3 is 24.1 Å². The lowest BCUT2D eigenvalue weighted by molar-refractivity contribution is -0.159. The molecule has 0 saturated heterocycles. The number of carbonyl (C=O) groups is 3. The van der Waals surface area contributed by atoms with Gasteiger partial charge in [0.05, 0.1) is 0 Å². The highest BCUT2D eigenvalue weighted by molar-refractivity contribution is 5.83. The van der Waals surface area contributed by atoms with Crippen molar-refractivity contribution in [1.29, 1.82) is 0 Å². The maximum Gasteiger partial charge on any atom is 0.326 e. The summed E-state index contributed by atoms with van der Waals surface area (Å²) in [6.07, 6.45) is 1.19. The van der Waals surface area contributed by atoms with Gasteiger partial charge in [-0.25, -0.2) is 0 Å². The van der Waals surface area contributed by atoms with Crippen LogP contribution in [0, 0.1) is 0 Å². The molecule has 7 heteroatoms. The molecule has 1 amide bonds. The Morgan fingerprint density at radius 1 is 1.00 bits per heavy atom. The number of benzene rings is 1. The van der Waals surface area contributed by atoms with Crippen LogP contribution >= 0.6 is 0 Å². The molecule has 1 rings (SSSR count). The monoisotopic (exact) mass is 406 g/mol. The van der Waals surface area contributed by atoms with Gasteiger partial charge in [0.25, 0.3) is 5.91 Å². The summed E-state index contributed by atoms with van der Waals surface area (Å²) in [4.78, 5) is 39.2. The lowest BCUT2D eigenvalue weighted by Crippen LogP contribution is -2.43. The number of likely N-dealkylation sites (N-methyl/N-ethyl adjacent to an activating group) is 1. The largest absolute Gasteiger partial charge is 0.484 e. The third-order valence-corrected chi connectivity index (χ3v) is 3.96. The van der Waals surface area contributed by atoms with Crippen LogP contribution in [0.5, 0.6) is 5.75 Å². The van der Waals surface area contributed by atoms with Gasteiger partial charge in [0.1, 0.15) is 23.7 Å². The summed E-state index contributed by atoms with van der Waals surface area (Å²) in [5.41, 5.74) is 0.435. The first-order valence-electron chi connectivity index (χ1n) is 9.82. The number of esters is 1. The third kappa shape index (κ3) is 11.2. The minimum atomic E-state index is -0.603. The summed E-state index contributed by atoms with van der Waals surface area (Å²) in [5, 5.41) is 0. The molecule has 0 spiro atoms. The zero-order valence-corrected chi connectivity index (χ0v) is 18.5. The average Bonchev–Trinajstić information content (AvgIpc) is 2.60. The summed E-state index contributed by atoms with van der Waals surface area (Å²) < 4.78 is 10.9. The van der Waals surface area contributed by atoms with Gasteiger partial charge in [-0.1, -0.05) is 12.1 Å². The molecule has 29 heavy (non-hydrogen) atoms. The summed E-state index contributed by atoms with van der Waals surface area (Å²) >= 11 is 0. The number of Topliss-reactive ketones (excluding diaryl/α,β-unsaturated/α-hetero) is 1. The van der Waals surface area contributed by atoms with Crippen molar-refractivity contribution in [1.82, 2.24) is 9.80 Å². The standard InChI is InChI=1S/C22H34N2O5/c1-17(25)7-8-18-9-11-19(12-10-18)28-16-20(26)24(14-13-23(5)6)15-21(27)29-22(2,3)4/h9-12H,7-8,13-16H2,1-6H3. The quantitative estimate of drug-likeness (QED) is 0.525. The van der Waals surface area contributed by atoms with Crippen LogP contribution in [0.2, 0.25) is 0 Å². The third-order valence-electron chi connectivity index (χ3n) is 3.96. The zero-order chi connectivity index (χ0) is 22.0. The maximum absolute atomic E-state index is 12.6. The molecule has 0 aliphatic heterocycles. The van der Waals surface area contributed by atoms with E-state index in [1.54, 1.807) is 39.8 Å². The van der Waals surface area contributed by atoms with Crippen molar-refractivity contribution in [2.24, 2.45) is 0 Å². The van der Waals surface area contributed by atoms with Crippen molar-refractivity contribution in [3.8, 4) is 5.75 Å². The van der Waals surface area contributed by atoms with E-state index in [1.807, 2.05) is 31.1 Å². The van der Waals surface area contributed by atoms with Gasteiger partial charge in [-0.3, -0.25) is 9.59 Å². The Bertz CT molecular complexity index is 677. The first kappa shape index (κ1) is 24.6. The van der Waals surface area contributed by atoms with E-state index in [2.05, 4.69) is 0 Å². The van der Waals surface area contributed by atoms with E-state index in [9.17, 15) is 14.4 Å². The molecule has 0 aliphatic carbocycles. The van der Waals surface area contributed by atoms with Crippen LogP contribution in [0.15, 0.2) is 24.3 Å². The number of ketones is 1. The number of hydrogen-bond acceptors (Lipinski definition) is 6. The Labute approximate surface area is 174 Å². The van der Waals surface area contributed by atoms with Crippen LogP contribution in [-0.4, -0.2) is 73.4 Å². The molecule has 1 aromatic carbocycles. The molecule has 0 heterocycles. The minimum absolute atomic E-state index is 0.114. The average molecular weight is 407 g/mol. The number of nitrogens with zero attached hydrogens (tertiary/aromatic N) is 2. The summed E-state index contributed by atoms with van der Waals surface area (Å²) in [5.74, 6) is -0.00808. The fourth-order valence-corrected chi connectivity index (χ4v) is 2.45. The van der Waals surface area contributed by atoms with Gasteiger partial charge in [-0.15, -0.1) is 0 Å². The van der Waals surface area contributed by atoms with E-state index in [4.69, 9.17) is 9.47 Å². The first-order chi connectivity index (χ1) is 13.5. The number of hydrogen-bond donors (Lipinski definition) is 0. The van der Waals surface area contributed by atoms with Crippen LogP contribution in [0.25, 0.3) is 0 Å². The van der Waals surface area contributed by atoms with Crippen molar-refractivity contribution in [2.75, 3.05) is 40.3 Å². The fraction of sp³-hybridized carbons (Fsp3) is 0.591. The topological polar surface area (TPSA) is 76.2 Å². The van der Waals surface area contributed by atoms with E-state index in [0.717, 1.165) is 5.56 Å². The maximum atomic E-state index is 12.6. The fourth-order valence-electron chi connectivity index (χ4n) is 2.45. The van der Waals surface area contributed by atoms with Crippen molar-refractivity contribution in [3.05, 3.63) is 29.8 Å². The van der Waals surface area contributed by atoms with Gasteiger partial charge in [0.15, 0.2) is 6.61 Å². The number of carbonyl (C=O) groups excluding carboxylic acids is 3. The summed E-state index contributed by atoms with van der Waals surface area (Å²) in [7, 11) is 3.81. The normalized spacial score (nSPS) is 11.3. The summed E-state index contributed by atoms with van der Waals surface area (Å²) in [6, 6.07) is 7.32. The van der Waals surface area contributed by atoms with Gasteiger partial charge in [0, 0.05) is 19.5 Å². The molecule has 0 atom stereocenters. The van der Waals surface area contributed by atoms with Crippen LogP contribution < -0.4 is 4.74 Å². The molecule has 0 saturated carbocycles. The second kappa shape index (κ2) is 11.6. The molecular formula is C22H34N2O5. The first-order valence-corrected chi connectivity index (χ1v) is 9.82. The molecule has 0 fully saturated rings. The van der Waals surface area contributed by atoms with E-state index in [1.165, 1.54) is 4.90 Å². The lowest BCUT2D eigenvalue weighted by Gasteiger charge is -2.26. The molecule has 1 aromatic rings. The number of amides is 1. The molecule has 0 N–H and O–H groups in total. The lowest BCUT2D eigenvalue weighted by atomic mass is 10.1. The van der Waals surface area contributed by atoms with E-state index in [0.29, 0.717) is 31.7 Å². The van der Waals surface area contributed by atoms with Crippen LogP contribution in [-0.2, 0) is 25.5 Å². The smallest absolute Gasteiger partial charge is 0.326 e. The van der Waals surface area contributed by atoms with Crippen molar-refractivity contribution >= 4 is 17.7 Å². The van der Waals surface area contributed by atoms with Crippen LogP contribution in [0.3, 0.4) is 0 Å². The Morgan fingerprint density at radius 3 is 2.14 bits per heavy atom. The molecule has 0 aliphatic rings. The van der Waals surface area contributed by atoms with Crippen molar-refractivity contribution in [3.63, 3.8) is 0 Å². The molecule has 0 unspecified atom stereocenters. The van der Waals surface area contributed by atoms with E-state index < -0.39 is 11.6 Å². The minimum Gasteiger partial charge on any atom is -0.484 e. The van der Waals surface area contributed by atoms with E-state index in [-0.39, 0.29) is 24.8 Å². The predicted molar refractivity (Wildman–Crippen MR) is 112 cm³/mol. The molecule has 0 bridgehead atoms. The van der Waals surface area contributed by atoms with Gasteiger partial charge in [-0.05, 0) is 65.9 Å². The molecule has 0 aromatic heterocycles. The number of rotatable bonds is 11. The van der Waals surface area contributed by atoms with Gasteiger partial charge >= 0.3 is 5.97 Å². The highest BCUT2D eigenvalue weighted by Crippen LogP contribution is 2.14. The Morgan fingerprint density at radius 2 is 1.62 bits per heavy atom. The molecule has 0 radical (unpaired) electrons. The SMILES string of the molecule is CC(=O)CCc1ccc(OCC(=O)N(CCN(C)C)CC(=O)OC(C)(C)C)cc1. The Hall–Kier alpha value is -2.41. The second-order valence-electron chi connectivity index (χ2n) is 8.34. The number of ether oxygens (including phenoxy) is 2. The van der Waals surface area contributed by atoms with E-state index >= 15 is 0 Å². The van der Waals surface area contributed by atoms with Crippen LogP contribution in [0.1, 0.15) is 39.7 Å². The van der Waals surface area contributed by atoms with Crippen LogP contribution in [0.4, 0.5) is 0 Å². The van der Waals surface area contributed by atoms with Gasteiger partial charge in [0.2, 0.25) is 0 Å². The second-order valence-corrected chi connectivity index (χ2v) is 8.34. The Balaban J connectivity index is 2.63. The summed E-state index contributed by atoms with van der Waals surface area (Å²) in [6.45, 7) is 7.70. The highest BCUT2D eigenvalue weighted by Gasteiger charge is 2.22. The highest BCUT2D eigenvalue weighted by atomic mass is 16.6. The van der Waals surface area contributed by atoms with Crippen molar-refractivity contribution in [2.45, 2.75) is 46.1 Å². The predicted octanol–water partition coefficient (Wildman–Crippen LogP) is 2.32. The zero-order valence-electron chi connectivity index (χ0n) is 18.5. The molecule has 162 valence electrons. The van der Waals surface area contributed by atoms with Gasteiger partial charge in [-0.2, -0.15) is 0 Å².